The second-order valence-corrected chi connectivity index (χ2v) is 7.57. The van der Waals surface area contributed by atoms with Gasteiger partial charge in [0.05, 0.1) is 0 Å². The minimum absolute atomic E-state index is 0.104. The van der Waals surface area contributed by atoms with E-state index in [-0.39, 0.29) is 6.04 Å². The van der Waals surface area contributed by atoms with Gasteiger partial charge in [0.1, 0.15) is 0 Å². The van der Waals surface area contributed by atoms with E-state index in [1.54, 1.807) is 0 Å². The van der Waals surface area contributed by atoms with Crippen molar-refractivity contribution >= 4 is 30.4 Å². The molecule has 4 nitrogen and oxygen atoms in total. The van der Waals surface area contributed by atoms with Crippen molar-refractivity contribution in [2.24, 2.45) is 0 Å². The summed E-state index contributed by atoms with van der Waals surface area (Å²) in [6.07, 6.45) is 5.61. The van der Waals surface area contributed by atoms with Crippen molar-refractivity contribution in [2.75, 3.05) is 32.6 Å². The number of pyridine rings is 1. The number of hydrogen-bond acceptors (Lipinski definition) is 4. The topological polar surface area (TPSA) is 36.4 Å². The summed E-state index contributed by atoms with van der Waals surface area (Å²) in [6, 6.07) is 10.5. The fraction of sp³-hybridized carbons (Fsp3) is 0.381. The van der Waals surface area contributed by atoms with Crippen LogP contribution in [0.25, 0.3) is 11.6 Å². The number of nitrogens with zero attached hydrogens (tertiary/aromatic N) is 3. The van der Waals surface area contributed by atoms with Crippen molar-refractivity contribution in [3.05, 3.63) is 63.9 Å². The molecule has 1 aromatic heterocycles. The zero-order valence-corrected chi connectivity index (χ0v) is 16.3. The van der Waals surface area contributed by atoms with Crippen LogP contribution in [-0.4, -0.2) is 54.6 Å². The first-order chi connectivity index (χ1) is 13.2. The summed E-state index contributed by atoms with van der Waals surface area (Å²) in [4.78, 5) is 9.49. The number of rotatable bonds is 4. The van der Waals surface area contributed by atoms with Crippen LogP contribution < -0.4 is 0 Å². The fourth-order valence-electron chi connectivity index (χ4n) is 4.21. The summed E-state index contributed by atoms with van der Waals surface area (Å²) < 4.78 is 10.8. The van der Waals surface area contributed by atoms with Crippen molar-refractivity contribution in [3.8, 4) is 0 Å². The van der Waals surface area contributed by atoms with E-state index < -0.39 is 0 Å². The molecule has 2 aliphatic rings. The summed E-state index contributed by atoms with van der Waals surface area (Å²) in [6.45, 7) is 5.81. The molecule has 6 heteroatoms. The number of benzene rings is 1. The normalized spacial score (nSPS) is 20.2. The molecule has 0 bridgehead atoms. The Morgan fingerprint density at radius 2 is 2.04 bits per heavy atom. The molecule has 2 heterocycles. The van der Waals surface area contributed by atoms with Gasteiger partial charge < -0.3 is 0 Å². The van der Waals surface area contributed by atoms with Crippen molar-refractivity contribution in [1.29, 1.82) is 0 Å². The van der Waals surface area contributed by atoms with Gasteiger partial charge in [-0.1, -0.05) is 0 Å². The number of aromatic nitrogens is 1. The second kappa shape index (κ2) is 8.05. The van der Waals surface area contributed by atoms with Gasteiger partial charge in [-0.25, -0.2) is 0 Å². The van der Waals surface area contributed by atoms with E-state index in [0.717, 1.165) is 50.5 Å². The third-order valence-corrected chi connectivity index (χ3v) is 5.84. The minimum atomic E-state index is 0.104. The Bertz CT molecular complexity index is 877. The van der Waals surface area contributed by atoms with Gasteiger partial charge in [-0.3, -0.25) is 0 Å². The van der Waals surface area contributed by atoms with Gasteiger partial charge in [0, 0.05) is 0 Å². The number of hydrogen-bond donors (Lipinski definition) is 0. The average Bonchev–Trinajstić information content (AvgIpc) is 2.83. The van der Waals surface area contributed by atoms with E-state index in [4.69, 9.17) is 16.6 Å². The summed E-state index contributed by atoms with van der Waals surface area (Å²) in [7, 11) is 0.993. The Labute approximate surface area is 166 Å². The third kappa shape index (κ3) is 3.64. The van der Waals surface area contributed by atoms with E-state index in [1.807, 2.05) is 18.3 Å². The summed E-state index contributed by atoms with van der Waals surface area (Å²) in [5.41, 5.74) is 6.08. The maximum atomic E-state index is 10.8. The van der Waals surface area contributed by atoms with Gasteiger partial charge >= 0.3 is 166 Å². The first-order valence-corrected chi connectivity index (χ1v) is 9.94. The molecule has 0 amide bonds. The predicted octanol–water partition coefficient (Wildman–Crippen LogP) is 3.71. The molecule has 1 atom stereocenters. The van der Waals surface area contributed by atoms with Gasteiger partial charge in [-0.15, -0.1) is 0 Å². The Kier molecular flexibility index (Phi) is 5.53. The summed E-state index contributed by atoms with van der Waals surface area (Å²) in [5.74, 6) is 0. The molecule has 1 saturated heterocycles. The summed E-state index contributed by atoms with van der Waals surface area (Å²) >= 11 is 6.35. The molecule has 0 radical (unpaired) electrons. The Morgan fingerprint density at radius 1 is 1.22 bits per heavy atom. The molecule has 2 aromatic rings. The van der Waals surface area contributed by atoms with Crippen LogP contribution in [0.4, 0.5) is 0 Å². The van der Waals surface area contributed by atoms with Crippen molar-refractivity contribution in [1.82, 2.24) is 14.8 Å². The van der Waals surface area contributed by atoms with E-state index in [0.29, 0.717) is 6.44 Å². The van der Waals surface area contributed by atoms with Gasteiger partial charge in [0.2, 0.25) is 0 Å². The molecule has 27 heavy (non-hydrogen) atoms. The third-order valence-electron chi connectivity index (χ3n) is 5.60. The Hall–Kier alpha value is -1.82. The Morgan fingerprint density at radius 3 is 2.78 bits per heavy atom. The molecular formula is C21H23BClN3O. The number of fused-ring (bicyclic) bond motifs is 2. The standard InChI is InChI=1S/C21H23BClN3O/c1-2-15-12-16-4-3-7-24-20(16)21(18-6-5-17(23)13-19(15)18)26-10-8-25(9-11-26)14-22-27/h3-7,12-13,21H,2,8-11,14H2,1H3. The van der Waals surface area contributed by atoms with Gasteiger partial charge in [-0.2, -0.15) is 0 Å². The van der Waals surface area contributed by atoms with Gasteiger partial charge in [-0.05, 0) is 0 Å². The average molecular weight is 380 g/mol. The van der Waals surface area contributed by atoms with Gasteiger partial charge in [0.25, 0.3) is 0 Å². The SMILES string of the molecule is CCC1=Cc2cccnc2C(N2CCN(CB=O)CC2)c2ccc(Cl)cc21. The van der Waals surface area contributed by atoms with Crippen molar-refractivity contribution in [2.45, 2.75) is 19.4 Å². The van der Waals surface area contributed by atoms with Crippen LogP contribution in [-0.2, 0) is 4.70 Å². The van der Waals surface area contributed by atoms with Crippen molar-refractivity contribution < 1.29 is 4.70 Å². The van der Waals surface area contributed by atoms with E-state index in [9.17, 15) is 4.70 Å². The second-order valence-electron chi connectivity index (χ2n) is 7.14. The zero-order valence-electron chi connectivity index (χ0n) is 15.6. The molecule has 0 spiro atoms. The Balaban J connectivity index is 1.79. The molecule has 0 N–H and O–H groups in total. The molecule has 138 valence electrons. The molecular weight excluding hydrogens is 357 g/mol. The fourth-order valence-corrected chi connectivity index (χ4v) is 4.38. The molecule has 1 aromatic carbocycles. The van der Waals surface area contributed by atoms with E-state index >= 15 is 0 Å². The van der Waals surface area contributed by atoms with Crippen LogP contribution in [0.1, 0.15) is 41.8 Å². The molecule has 4 rings (SSSR count). The number of halogens is 1. The monoisotopic (exact) mass is 379 g/mol. The quantitative estimate of drug-likeness (QED) is 0.759. The predicted molar refractivity (Wildman–Crippen MR) is 110 cm³/mol. The molecule has 0 saturated carbocycles. The summed E-state index contributed by atoms with van der Waals surface area (Å²) in [5, 5.41) is 0.765. The van der Waals surface area contributed by atoms with Gasteiger partial charge in [0.15, 0.2) is 0 Å². The van der Waals surface area contributed by atoms with E-state index in [1.165, 1.54) is 22.3 Å². The molecule has 1 aliphatic carbocycles. The van der Waals surface area contributed by atoms with E-state index in [2.05, 4.69) is 41.0 Å². The maximum absolute atomic E-state index is 10.8. The van der Waals surface area contributed by atoms with Crippen molar-refractivity contribution in [3.63, 3.8) is 0 Å². The first kappa shape index (κ1) is 18.5. The van der Waals surface area contributed by atoms with Crippen LogP contribution in [0, 0.1) is 0 Å². The van der Waals surface area contributed by atoms with Crippen LogP contribution in [0.5, 0.6) is 0 Å². The number of allylic oxidation sites excluding steroid dienone is 1. The molecule has 1 fully saturated rings. The number of piperazine rings is 1. The first-order valence-electron chi connectivity index (χ1n) is 9.56. The molecule has 1 unspecified atom stereocenters. The zero-order chi connectivity index (χ0) is 18.8. The van der Waals surface area contributed by atoms with Crippen LogP contribution >= 0.6 is 11.6 Å². The van der Waals surface area contributed by atoms with Crippen LogP contribution in [0.15, 0.2) is 36.5 Å². The molecule has 1 aliphatic heterocycles. The van der Waals surface area contributed by atoms with Crippen LogP contribution in [0.3, 0.4) is 0 Å². The van der Waals surface area contributed by atoms with Crippen LogP contribution in [0.2, 0.25) is 5.02 Å².